The fourth-order valence-corrected chi connectivity index (χ4v) is 13.7. The number of aliphatic hydroxyl groups excluding tert-OH is 8. The molecular formula is C78H151NO13. The van der Waals surface area contributed by atoms with Gasteiger partial charge in [-0.1, -0.05) is 373 Å². The van der Waals surface area contributed by atoms with E-state index < -0.39 is 86.8 Å². The van der Waals surface area contributed by atoms with Crippen molar-refractivity contribution in [3.63, 3.8) is 0 Å². The number of allylic oxidation sites excluding steroid dienone is 1. The Morgan fingerprint density at radius 2 is 0.674 bits per heavy atom. The molecule has 0 bridgehead atoms. The largest absolute Gasteiger partial charge is 0.394 e. The molecule has 2 saturated heterocycles. The van der Waals surface area contributed by atoms with E-state index in [-0.39, 0.29) is 18.9 Å². The third-order valence-corrected chi connectivity index (χ3v) is 20.0. The van der Waals surface area contributed by atoms with Crippen LogP contribution in [0.4, 0.5) is 0 Å². The standard InChI is InChI=1S/C78H151NO13/c1-3-5-7-9-11-13-15-17-19-21-23-25-27-29-31-33-34-35-37-39-41-43-45-47-49-51-53-55-57-59-61-67(82)66(65-89-77-75(88)73(86)76(69(64-81)91-77)92-78-74(87)72(85)71(84)68(63-80)90-78)79-70(83)62-60-58-56-54-52-50-48-46-44-42-40-38-36-32-30-28-26-24-22-20-18-16-14-12-10-8-6-4-2/h59,61,66-69,71-78,80-82,84-88H,3-58,60,62-65H2,1-2H3,(H,79,83)/b61-59+. The average Bonchev–Trinajstić information content (AvgIpc) is 0.827. The van der Waals surface area contributed by atoms with E-state index in [1.807, 2.05) is 6.08 Å². The molecule has 2 heterocycles. The first-order valence-electron chi connectivity index (χ1n) is 39.9. The zero-order valence-electron chi connectivity index (χ0n) is 59.8. The average molecular weight is 1310 g/mol. The van der Waals surface area contributed by atoms with Gasteiger partial charge in [0, 0.05) is 6.42 Å². The van der Waals surface area contributed by atoms with Gasteiger partial charge in [0.15, 0.2) is 12.6 Å². The molecule has 2 fully saturated rings. The van der Waals surface area contributed by atoms with E-state index >= 15 is 0 Å². The van der Waals surface area contributed by atoms with E-state index in [1.54, 1.807) is 6.08 Å². The van der Waals surface area contributed by atoms with Crippen molar-refractivity contribution in [2.24, 2.45) is 0 Å². The topological polar surface area (TPSA) is 228 Å². The van der Waals surface area contributed by atoms with Crippen molar-refractivity contribution in [2.45, 2.75) is 460 Å². The van der Waals surface area contributed by atoms with Crippen molar-refractivity contribution >= 4 is 5.91 Å². The quantitative estimate of drug-likeness (QED) is 0.0204. The minimum atomic E-state index is -1.79. The molecule has 0 aromatic carbocycles. The van der Waals surface area contributed by atoms with Gasteiger partial charge in [0.05, 0.1) is 32.0 Å². The Morgan fingerprint density at radius 1 is 0.380 bits per heavy atom. The zero-order chi connectivity index (χ0) is 66.6. The molecule has 0 aromatic heterocycles. The Balaban J connectivity index is 1.62. The number of aliphatic hydroxyl groups is 8. The number of carbonyl (C=O) groups excluding carboxylic acids is 1. The van der Waals surface area contributed by atoms with Gasteiger partial charge in [-0.2, -0.15) is 0 Å². The van der Waals surface area contributed by atoms with Crippen LogP contribution < -0.4 is 5.32 Å². The van der Waals surface area contributed by atoms with Crippen LogP contribution in [0.3, 0.4) is 0 Å². The highest BCUT2D eigenvalue weighted by Crippen LogP contribution is 2.30. The van der Waals surface area contributed by atoms with Crippen LogP contribution in [0.5, 0.6) is 0 Å². The van der Waals surface area contributed by atoms with Crippen LogP contribution in [-0.2, 0) is 23.7 Å². The predicted molar refractivity (Wildman–Crippen MR) is 379 cm³/mol. The Hall–Kier alpha value is -1.27. The van der Waals surface area contributed by atoms with Crippen LogP contribution in [0.15, 0.2) is 12.2 Å². The molecule has 2 aliphatic heterocycles. The van der Waals surface area contributed by atoms with Gasteiger partial charge in [-0.3, -0.25) is 4.79 Å². The number of hydrogen-bond acceptors (Lipinski definition) is 13. The van der Waals surface area contributed by atoms with Crippen LogP contribution in [0.25, 0.3) is 0 Å². The van der Waals surface area contributed by atoms with Crippen molar-refractivity contribution in [1.82, 2.24) is 5.32 Å². The normalized spacial score (nSPS) is 22.6. The van der Waals surface area contributed by atoms with Gasteiger partial charge in [0.1, 0.15) is 48.8 Å². The maximum atomic E-state index is 13.4. The van der Waals surface area contributed by atoms with Crippen LogP contribution in [0.1, 0.15) is 386 Å². The fraction of sp³-hybridized carbons (Fsp3) is 0.962. The van der Waals surface area contributed by atoms with Crippen molar-refractivity contribution < 1.29 is 64.6 Å². The van der Waals surface area contributed by atoms with E-state index in [0.29, 0.717) is 0 Å². The van der Waals surface area contributed by atoms with Crippen molar-refractivity contribution in [3.05, 3.63) is 12.2 Å². The Labute approximate surface area is 565 Å². The lowest BCUT2D eigenvalue weighted by Gasteiger charge is -2.46. The maximum Gasteiger partial charge on any atom is 0.220 e. The van der Waals surface area contributed by atoms with Gasteiger partial charge in [0.2, 0.25) is 5.91 Å². The summed E-state index contributed by atoms with van der Waals surface area (Å²) in [5.74, 6) is -0.229. The number of carbonyl (C=O) groups is 1. The number of hydrogen-bond donors (Lipinski definition) is 9. The van der Waals surface area contributed by atoms with E-state index in [9.17, 15) is 45.6 Å². The molecule has 0 saturated carbocycles. The number of amides is 1. The monoisotopic (exact) mass is 1310 g/mol. The molecule has 12 atom stereocenters. The molecule has 92 heavy (non-hydrogen) atoms. The summed E-state index contributed by atoms with van der Waals surface area (Å²) in [5, 5.41) is 87.7. The Kier molecular flexibility index (Phi) is 59.6. The molecule has 14 heteroatoms. The SMILES string of the molecule is CCCCCCCCCCCCCCCCCCCCCCCCCCCCCC/C=C/C(O)C(COC1OC(CO)C(OC2OC(CO)C(O)C(O)C2O)C(O)C1O)NC(=O)CCCCCCCCCCCCCCCCCCCCCCCCCCCCCC. The number of unbranched alkanes of at least 4 members (excludes halogenated alkanes) is 55. The fourth-order valence-electron chi connectivity index (χ4n) is 13.7. The van der Waals surface area contributed by atoms with Gasteiger partial charge in [-0.15, -0.1) is 0 Å². The first kappa shape index (κ1) is 86.8. The minimum absolute atomic E-state index is 0.229. The first-order valence-corrected chi connectivity index (χ1v) is 39.9. The van der Waals surface area contributed by atoms with E-state index in [2.05, 4.69) is 19.2 Å². The molecule has 0 aliphatic carbocycles. The molecule has 546 valence electrons. The third-order valence-electron chi connectivity index (χ3n) is 20.0. The zero-order valence-corrected chi connectivity index (χ0v) is 59.8. The van der Waals surface area contributed by atoms with Crippen molar-refractivity contribution in [1.29, 1.82) is 0 Å². The van der Waals surface area contributed by atoms with Gasteiger partial charge in [-0.25, -0.2) is 0 Å². The molecule has 0 aromatic rings. The molecule has 9 N–H and O–H groups in total. The Bertz CT molecular complexity index is 1590. The summed E-state index contributed by atoms with van der Waals surface area (Å²) in [4.78, 5) is 13.4. The smallest absolute Gasteiger partial charge is 0.220 e. The van der Waals surface area contributed by atoms with Crippen LogP contribution in [0.2, 0.25) is 0 Å². The molecule has 2 aliphatic rings. The van der Waals surface area contributed by atoms with Crippen LogP contribution in [-0.4, -0.2) is 140 Å². The summed E-state index contributed by atoms with van der Waals surface area (Å²) in [6.45, 7) is 2.88. The molecule has 1 amide bonds. The maximum absolute atomic E-state index is 13.4. The lowest BCUT2D eigenvalue weighted by atomic mass is 9.97. The third kappa shape index (κ3) is 46.1. The molecule has 2 rings (SSSR count). The molecule has 12 unspecified atom stereocenters. The highest BCUT2D eigenvalue weighted by molar-refractivity contribution is 5.76. The summed E-state index contributed by atoms with van der Waals surface area (Å²) in [6, 6.07) is -0.912. The second kappa shape index (κ2) is 63.2. The summed E-state index contributed by atoms with van der Waals surface area (Å²) >= 11 is 0. The van der Waals surface area contributed by atoms with Gasteiger partial charge in [0.25, 0.3) is 0 Å². The second-order valence-electron chi connectivity index (χ2n) is 28.6. The lowest BCUT2D eigenvalue weighted by Crippen LogP contribution is -2.65. The Morgan fingerprint density at radius 3 is 1.00 bits per heavy atom. The van der Waals surface area contributed by atoms with Gasteiger partial charge >= 0.3 is 0 Å². The lowest BCUT2D eigenvalue weighted by molar-refractivity contribution is -0.359. The molecule has 0 radical (unpaired) electrons. The predicted octanol–water partition coefficient (Wildman–Crippen LogP) is 17.7. The highest BCUT2D eigenvalue weighted by Gasteiger charge is 2.51. The summed E-state index contributed by atoms with van der Waals surface area (Å²) in [6.07, 6.45) is 63.0. The van der Waals surface area contributed by atoms with E-state index in [4.69, 9.17) is 18.9 Å². The number of ether oxygens (including phenoxy) is 4. The second-order valence-corrected chi connectivity index (χ2v) is 28.6. The highest BCUT2D eigenvalue weighted by atomic mass is 16.7. The molecule has 14 nitrogen and oxygen atoms in total. The van der Waals surface area contributed by atoms with E-state index in [1.165, 1.54) is 321 Å². The number of nitrogens with one attached hydrogen (secondary N) is 1. The van der Waals surface area contributed by atoms with Gasteiger partial charge in [-0.05, 0) is 19.3 Å². The molecular weight excluding hydrogens is 1160 g/mol. The molecule has 0 spiro atoms. The summed E-state index contributed by atoms with van der Waals surface area (Å²) < 4.78 is 22.9. The summed E-state index contributed by atoms with van der Waals surface area (Å²) in [7, 11) is 0. The van der Waals surface area contributed by atoms with Gasteiger partial charge < -0.3 is 65.1 Å². The van der Waals surface area contributed by atoms with Crippen molar-refractivity contribution in [3.8, 4) is 0 Å². The van der Waals surface area contributed by atoms with E-state index in [0.717, 1.165) is 44.9 Å². The first-order chi connectivity index (χ1) is 45.1. The minimum Gasteiger partial charge on any atom is -0.394 e. The van der Waals surface area contributed by atoms with Crippen LogP contribution >= 0.6 is 0 Å². The van der Waals surface area contributed by atoms with Crippen molar-refractivity contribution in [2.75, 3.05) is 19.8 Å². The van der Waals surface area contributed by atoms with Crippen LogP contribution in [0, 0.1) is 0 Å². The summed E-state index contributed by atoms with van der Waals surface area (Å²) in [5.41, 5.74) is 0. The number of rotatable bonds is 68.